The highest BCUT2D eigenvalue weighted by Crippen LogP contribution is 2.63. The molecule has 0 heterocycles. The first kappa shape index (κ1) is 29.7. The molecule has 5 aliphatic rings. The molecule has 2 unspecified atom stereocenters. The summed E-state index contributed by atoms with van der Waals surface area (Å²) in [6.45, 7) is 3.24. The largest absolute Gasteiger partial charge is 0.748 e. The molecule has 0 aromatic heterocycles. The lowest BCUT2D eigenvalue weighted by molar-refractivity contribution is -0.275. The minimum atomic E-state index is -4.98. The second-order valence-electron chi connectivity index (χ2n) is 12.0. The van der Waals surface area contributed by atoms with Gasteiger partial charge in [0.05, 0.1) is 26.8 Å². The van der Waals surface area contributed by atoms with Gasteiger partial charge in [-0.15, -0.1) is 13.2 Å². The maximum absolute atomic E-state index is 13.4. The highest BCUT2D eigenvalue weighted by Gasteiger charge is 2.63. The second-order valence-corrected chi connectivity index (χ2v) is 13.5. The molecule has 0 N–H and O–H groups in total. The number of rotatable bonds is 10. The first-order valence-electron chi connectivity index (χ1n) is 13.7. The van der Waals surface area contributed by atoms with Crippen LogP contribution in [-0.2, 0) is 24.4 Å². The van der Waals surface area contributed by atoms with Crippen molar-refractivity contribution in [3.8, 4) is 11.5 Å². The molecule has 0 aliphatic heterocycles. The van der Waals surface area contributed by atoms with Crippen LogP contribution in [0, 0.1) is 17.3 Å². The first-order chi connectivity index (χ1) is 19.1. The third-order valence-electron chi connectivity index (χ3n) is 8.86. The van der Waals surface area contributed by atoms with Gasteiger partial charge in [0.2, 0.25) is 0 Å². The number of hydrogen-bond acceptors (Lipinski definition) is 9. The number of ether oxygens (including phenoxy) is 4. The maximum atomic E-state index is 13.4. The Morgan fingerprint density at radius 2 is 1.73 bits per heavy atom. The van der Waals surface area contributed by atoms with Gasteiger partial charge in [-0.1, -0.05) is 6.58 Å². The van der Waals surface area contributed by atoms with E-state index >= 15 is 0 Å². The number of halogens is 3. The average Bonchev–Trinajstić information content (AvgIpc) is 3.31. The smallest absolute Gasteiger partial charge is 0.573 e. The average molecular weight is 602 g/mol. The summed E-state index contributed by atoms with van der Waals surface area (Å²) in [4.78, 5) is 26.6. The van der Waals surface area contributed by atoms with Crippen molar-refractivity contribution in [3.05, 3.63) is 36.4 Å². The molecule has 0 spiro atoms. The topological polar surface area (TPSA) is 128 Å². The van der Waals surface area contributed by atoms with Crippen LogP contribution in [0.25, 0.3) is 0 Å². The predicted molar refractivity (Wildman–Crippen MR) is 136 cm³/mol. The minimum absolute atomic E-state index is 0.0280. The molecule has 5 saturated carbocycles. The van der Waals surface area contributed by atoms with Crippen molar-refractivity contribution in [1.29, 1.82) is 0 Å². The van der Waals surface area contributed by atoms with Gasteiger partial charge >= 0.3 is 18.3 Å². The lowest BCUT2D eigenvalue weighted by Crippen LogP contribution is -2.60. The van der Waals surface area contributed by atoms with Gasteiger partial charge in [-0.2, -0.15) is 0 Å². The molecule has 9 nitrogen and oxygen atoms in total. The van der Waals surface area contributed by atoms with E-state index in [4.69, 9.17) is 14.2 Å². The summed E-state index contributed by atoms with van der Waals surface area (Å²) in [5.74, 6) is -2.88. The molecular formula is C28H32F3O9S-. The van der Waals surface area contributed by atoms with Crippen LogP contribution in [-0.4, -0.2) is 54.8 Å². The van der Waals surface area contributed by atoms with Crippen LogP contribution in [0.15, 0.2) is 30.9 Å². The SMILES string of the molecule is C=CC1(Oc2cc(C(=O)OC34CC5CC(C3)CC(C(=O)OCCS(=O)(=O)[O-])(C5)C4)ccc2OC(F)(F)F)CCCC1. The summed E-state index contributed by atoms with van der Waals surface area (Å²) < 4.78 is 93.6. The summed E-state index contributed by atoms with van der Waals surface area (Å²) in [6, 6.07) is 3.38. The number of esters is 2. The van der Waals surface area contributed by atoms with Gasteiger partial charge in [0.1, 0.15) is 17.8 Å². The van der Waals surface area contributed by atoms with Crippen molar-refractivity contribution in [2.45, 2.75) is 81.8 Å². The van der Waals surface area contributed by atoms with E-state index in [0.29, 0.717) is 38.5 Å². The van der Waals surface area contributed by atoms with Crippen molar-refractivity contribution in [1.82, 2.24) is 0 Å². The number of alkyl halides is 3. The van der Waals surface area contributed by atoms with E-state index in [9.17, 15) is 35.7 Å². The third-order valence-corrected chi connectivity index (χ3v) is 9.52. The van der Waals surface area contributed by atoms with Crippen molar-refractivity contribution < 1.29 is 54.7 Å². The van der Waals surface area contributed by atoms with Gasteiger partial charge in [0.15, 0.2) is 11.5 Å². The monoisotopic (exact) mass is 601 g/mol. The number of carbonyl (C=O) groups excluding carboxylic acids is 2. The van der Waals surface area contributed by atoms with Crippen molar-refractivity contribution in [2.75, 3.05) is 12.4 Å². The molecule has 2 atom stereocenters. The Morgan fingerprint density at radius 1 is 1.07 bits per heavy atom. The molecule has 4 bridgehead atoms. The van der Waals surface area contributed by atoms with Crippen LogP contribution < -0.4 is 9.47 Å². The van der Waals surface area contributed by atoms with Gasteiger partial charge in [-0.3, -0.25) is 4.79 Å². The Bertz CT molecular complexity index is 1300. The highest BCUT2D eigenvalue weighted by molar-refractivity contribution is 7.85. The Labute approximate surface area is 236 Å². The molecule has 6 rings (SSSR count). The van der Waals surface area contributed by atoms with Gasteiger partial charge in [-0.25, -0.2) is 13.2 Å². The van der Waals surface area contributed by atoms with Crippen LogP contribution in [0.2, 0.25) is 0 Å². The Hall–Kier alpha value is -2.80. The molecule has 226 valence electrons. The Kier molecular flexibility index (Phi) is 7.59. The highest BCUT2D eigenvalue weighted by atomic mass is 32.2. The van der Waals surface area contributed by atoms with Gasteiger partial charge in [0, 0.05) is 6.42 Å². The molecule has 0 amide bonds. The molecule has 0 saturated heterocycles. The summed E-state index contributed by atoms with van der Waals surface area (Å²) in [5, 5.41) is 0. The molecule has 41 heavy (non-hydrogen) atoms. The van der Waals surface area contributed by atoms with E-state index in [1.807, 2.05) is 0 Å². The van der Waals surface area contributed by atoms with E-state index < -0.39 is 63.1 Å². The van der Waals surface area contributed by atoms with Crippen molar-refractivity contribution >= 4 is 22.1 Å². The summed E-state index contributed by atoms with van der Waals surface area (Å²) >= 11 is 0. The quantitative estimate of drug-likeness (QED) is 0.206. The zero-order valence-corrected chi connectivity index (χ0v) is 23.2. The molecule has 1 aromatic rings. The lowest BCUT2D eigenvalue weighted by atomic mass is 9.48. The fraction of sp³-hybridized carbons (Fsp3) is 0.643. The molecule has 5 aliphatic carbocycles. The normalized spacial score (nSPS) is 30.0. The third kappa shape index (κ3) is 6.50. The number of carbonyl (C=O) groups is 2. The lowest BCUT2D eigenvalue weighted by Gasteiger charge is -2.59. The minimum Gasteiger partial charge on any atom is -0.748 e. The fourth-order valence-electron chi connectivity index (χ4n) is 7.65. The van der Waals surface area contributed by atoms with Gasteiger partial charge in [0.25, 0.3) is 0 Å². The molecule has 13 heteroatoms. The molecule has 5 fully saturated rings. The first-order valence-corrected chi connectivity index (χ1v) is 15.3. The number of hydrogen-bond donors (Lipinski definition) is 0. The number of benzene rings is 1. The van der Waals surface area contributed by atoms with E-state index in [-0.39, 0.29) is 29.6 Å². The van der Waals surface area contributed by atoms with Crippen molar-refractivity contribution in [2.24, 2.45) is 17.3 Å². The Morgan fingerprint density at radius 3 is 2.32 bits per heavy atom. The van der Waals surface area contributed by atoms with E-state index in [0.717, 1.165) is 25.3 Å². The van der Waals surface area contributed by atoms with Crippen LogP contribution in [0.1, 0.15) is 74.6 Å². The van der Waals surface area contributed by atoms with E-state index in [2.05, 4.69) is 11.3 Å². The predicted octanol–water partition coefficient (Wildman–Crippen LogP) is 5.05. The fourth-order valence-corrected chi connectivity index (χ4v) is 7.93. The van der Waals surface area contributed by atoms with E-state index in [1.54, 1.807) is 6.08 Å². The Balaban J connectivity index is 1.36. The zero-order valence-electron chi connectivity index (χ0n) is 22.4. The van der Waals surface area contributed by atoms with Crippen LogP contribution in [0.5, 0.6) is 11.5 Å². The van der Waals surface area contributed by atoms with Gasteiger partial charge < -0.3 is 23.5 Å². The molecule has 1 aromatic carbocycles. The second kappa shape index (κ2) is 10.5. The maximum Gasteiger partial charge on any atom is 0.573 e. The summed E-state index contributed by atoms with van der Waals surface area (Å²) in [5.41, 5.74) is -2.86. The summed E-state index contributed by atoms with van der Waals surface area (Å²) in [6.07, 6.45) is 2.43. The van der Waals surface area contributed by atoms with Crippen LogP contribution in [0.3, 0.4) is 0 Å². The molecule has 0 radical (unpaired) electrons. The van der Waals surface area contributed by atoms with Crippen molar-refractivity contribution in [3.63, 3.8) is 0 Å². The summed E-state index contributed by atoms with van der Waals surface area (Å²) in [7, 11) is -4.55. The molecular weight excluding hydrogens is 569 g/mol. The van der Waals surface area contributed by atoms with Crippen LogP contribution in [0.4, 0.5) is 13.2 Å². The zero-order chi connectivity index (χ0) is 29.7. The van der Waals surface area contributed by atoms with Gasteiger partial charge in [-0.05, 0) is 93.9 Å². The standard InChI is InChI=1S/C28H33F3O9S/c1-2-26(7-3-4-8-26)38-22-12-20(5-6-21(22)39-28(29,30)31)23(32)40-27-15-18-11-19(16-27)14-25(13-18,17-27)24(33)37-9-10-41(34,35)36/h2,5-6,12,18-19H,1,3-4,7-11,13-17H2,(H,34,35,36)/p-1. The van der Waals surface area contributed by atoms with E-state index in [1.165, 1.54) is 12.1 Å². The van der Waals surface area contributed by atoms with Crippen LogP contribution >= 0.6 is 0 Å².